The lowest BCUT2D eigenvalue weighted by Crippen LogP contribution is -2.24. The van der Waals surface area contributed by atoms with Crippen molar-refractivity contribution in [2.24, 2.45) is 17.8 Å². The molecule has 5 nitrogen and oxygen atoms in total. The predicted molar refractivity (Wildman–Crippen MR) is 122 cm³/mol. The van der Waals surface area contributed by atoms with Crippen LogP contribution in [0.5, 0.6) is 0 Å². The predicted octanol–water partition coefficient (Wildman–Crippen LogP) is 5.54. The number of ketones is 1. The topological polar surface area (TPSA) is 82.5 Å². The minimum Gasteiger partial charge on any atom is -0.396 e. The van der Waals surface area contributed by atoms with Crippen molar-refractivity contribution in [3.05, 3.63) is 52.6 Å². The summed E-state index contributed by atoms with van der Waals surface area (Å²) in [5.74, 6) is -0.324. The number of aliphatic hydroxyl groups is 2. The lowest BCUT2D eigenvalue weighted by atomic mass is 9.79. The fraction of sp³-hybridized carbons (Fsp3) is 0.500. The van der Waals surface area contributed by atoms with Crippen molar-refractivity contribution >= 4 is 28.8 Å². The van der Waals surface area contributed by atoms with Crippen molar-refractivity contribution in [1.82, 2.24) is 4.98 Å². The van der Waals surface area contributed by atoms with Crippen LogP contribution in [0.15, 0.2) is 30.5 Å². The third-order valence-corrected chi connectivity index (χ3v) is 6.14. The molecule has 2 rings (SSSR count). The molecular formula is C24H32ClFN2O3. The van der Waals surface area contributed by atoms with E-state index in [9.17, 15) is 14.3 Å². The molecule has 1 aromatic carbocycles. The number of aryl methyl sites for hydroxylation is 1. The van der Waals surface area contributed by atoms with E-state index in [1.54, 1.807) is 19.1 Å². The molecule has 3 atom stereocenters. The van der Waals surface area contributed by atoms with E-state index in [0.29, 0.717) is 17.7 Å². The third kappa shape index (κ3) is 7.27. The largest absolute Gasteiger partial charge is 0.396 e. The second kappa shape index (κ2) is 12.1. The first-order valence-corrected chi connectivity index (χ1v) is 11.1. The van der Waals surface area contributed by atoms with E-state index >= 15 is 0 Å². The van der Waals surface area contributed by atoms with Gasteiger partial charge < -0.3 is 15.5 Å². The van der Waals surface area contributed by atoms with Crippen LogP contribution in [0, 0.1) is 30.5 Å². The Morgan fingerprint density at radius 3 is 2.58 bits per heavy atom. The van der Waals surface area contributed by atoms with Gasteiger partial charge in [0, 0.05) is 25.2 Å². The number of aliphatic hydroxyl groups excluding tert-OH is 2. The molecule has 170 valence electrons. The molecule has 0 aliphatic heterocycles. The first kappa shape index (κ1) is 25.2. The van der Waals surface area contributed by atoms with Crippen molar-refractivity contribution in [1.29, 1.82) is 0 Å². The Morgan fingerprint density at radius 2 is 1.94 bits per heavy atom. The third-order valence-electron chi connectivity index (χ3n) is 5.93. The summed E-state index contributed by atoms with van der Waals surface area (Å²) in [6.07, 6.45) is 4.05. The Labute approximate surface area is 188 Å². The minimum atomic E-state index is -0.413. The molecule has 3 unspecified atom stereocenters. The molecule has 0 saturated heterocycles. The average Bonchev–Trinajstić information content (AvgIpc) is 2.73. The monoisotopic (exact) mass is 450 g/mol. The molecule has 0 saturated carbocycles. The maximum Gasteiger partial charge on any atom is 0.165 e. The molecule has 2 aromatic rings. The van der Waals surface area contributed by atoms with Gasteiger partial charge in [-0.15, -0.1) is 0 Å². The van der Waals surface area contributed by atoms with Crippen molar-refractivity contribution in [3.63, 3.8) is 0 Å². The maximum atomic E-state index is 14.3. The standard InChI is InChI=1S/C24H32ClFN2O3/c1-15-7-8-21(20(26)10-15)28-22-13-27-24(25)12-19(22)23(31)11-16(2)17(3)18(14-30)6-4-5-9-29/h7-8,10,12-13,16-18,28-30H,4-6,9,11,14H2,1-3H3. The van der Waals surface area contributed by atoms with Gasteiger partial charge in [-0.25, -0.2) is 9.37 Å². The van der Waals surface area contributed by atoms with Crippen LogP contribution in [-0.4, -0.2) is 34.2 Å². The van der Waals surface area contributed by atoms with Crippen LogP contribution >= 0.6 is 11.6 Å². The van der Waals surface area contributed by atoms with Crippen LogP contribution in [0.25, 0.3) is 0 Å². The summed E-state index contributed by atoms with van der Waals surface area (Å²) in [6.45, 7) is 6.02. The number of Topliss-reactive ketones (excluding diaryl/α,β-unsaturated/α-hetero) is 1. The zero-order valence-electron chi connectivity index (χ0n) is 18.4. The second-order valence-corrected chi connectivity index (χ2v) is 8.67. The second-order valence-electron chi connectivity index (χ2n) is 8.29. The number of hydrogen-bond acceptors (Lipinski definition) is 5. The van der Waals surface area contributed by atoms with Crippen LogP contribution < -0.4 is 5.32 Å². The van der Waals surface area contributed by atoms with Gasteiger partial charge in [0.15, 0.2) is 5.78 Å². The van der Waals surface area contributed by atoms with Crippen molar-refractivity contribution < 1.29 is 19.4 Å². The SMILES string of the molecule is Cc1ccc(Nc2cnc(Cl)cc2C(=O)CC(C)C(C)C(CO)CCCCO)c(F)c1. The molecule has 1 heterocycles. The number of carbonyl (C=O) groups is 1. The number of pyridine rings is 1. The highest BCUT2D eigenvalue weighted by atomic mass is 35.5. The number of carbonyl (C=O) groups excluding carboxylic acids is 1. The lowest BCUT2D eigenvalue weighted by molar-refractivity contribution is 0.0904. The fourth-order valence-corrected chi connectivity index (χ4v) is 3.88. The van der Waals surface area contributed by atoms with E-state index in [1.807, 2.05) is 13.8 Å². The quantitative estimate of drug-likeness (QED) is 0.224. The van der Waals surface area contributed by atoms with Crippen LogP contribution in [0.2, 0.25) is 5.15 Å². The van der Waals surface area contributed by atoms with Crippen LogP contribution in [0.1, 0.15) is 55.5 Å². The molecule has 0 bridgehead atoms. The highest BCUT2D eigenvalue weighted by molar-refractivity contribution is 6.30. The summed E-state index contributed by atoms with van der Waals surface area (Å²) in [5.41, 5.74) is 1.82. The van der Waals surface area contributed by atoms with Gasteiger partial charge in [0.05, 0.1) is 17.6 Å². The zero-order chi connectivity index (χ0) is 23.0. The van der Waals surface area contributed by atoms with Crippen LogP contribution in [0.3, 0.4) is 0 Å². The number of nitrogens with one attached hydrogen (secondary N) is 1. The number of hydrogen-bond donors (Lipinski definition) is 3. The van der Waals surface area contributed by atoms with Crippen LogP contribution in [0.4, 0.5) is 15.8 Å². The minimum absolute atomic E-state index is 0.0229. The normalized spacial score (nSPS) is 14.2. The number of unbranched alkanes of at least 4 members (excludes halogenated alkanes) is 1. The van der Waals surface area contributed by atoms with E-state index in [0.717, 1.165) is 18.4 Å². The van der Waals surface area contributed by atoms with E-state index in [4.69, 9.17) is 16.7 Å². The highest BCUT2D eigenvalue weighted by Crippen LogP contribution is 2.31. The number of halogens is 2. The summed E-state index contributed by atoms with van der Waals surface area (Å²) in [7, 11) is 0. The van der Waals surface area contributed by atoms with Gasteiger partial charge >= 0.3 is 0 Å². The van der Waals surface area contributed by atoms with Gasteiger partial charge in [0.2, 0.25) is 0 Å². The molecule has 3 N–H and O–H groups in total. The van der Waals surface area contributed by atoms with Gasteiger partial charge in [-0.05, 0) is 61.3 Å². The van der Waals surface area contributed by atoms with E-state index in [1.165, 1.54) is 18.3 Å². The Morgan fingerprint density at radius 1 is 1.19 bits per heavy atom. The number of benzene rings is 1. The molecule has 0 radical (unpaired) electrons. The highest BCUT2D eigenvalue weighted by Gasteiger charge is 2.25. The molecular weight excluding hydrogens is 419 g/mol. The number of rotatable bonds is 12. The lowest BCUT2D eigenvalue weighted by Gasteiger charge is -2.27. The average molecular weight is 451 g/mol. The Bertz CT molecular complexity index is 878. The fourth-order valence-electron chi connectivity index (χ4n) is 3.72. The summed E-state index contributed by atoms with van der Waals surface area (Å²) >= 11 is 6.04. The Balaban J connectivity index is 2.15. The Hall–Kier alpha value is -2.02. The van der Waals surface area contributed by atoms with Crippen molar-refractivity contribution in [2.75, 3.05) is 18.5 Å². The molecule has 0 spiro atoms. The van der Waals surface area contributed by atoms with Gasteiger partial charge in [-0.1, -0.05) is 37.9 Å². The molecule has 31 heavy (non-hydrogen) atoms. The molecule has 1 aromatic heterocycles. The first-order chi connectivity index (χ1) is 14.8. The molecule has 7 heteroatoms. The summed E-state index contributed by atoms with van der Waals surface area (Å²) in [6, 6.07) is 6.32. The van der Waals surface area contributed by atoms with Crippen molar-refractivity contribution in [3.8, 4) is 0 Å². The summed E-state index contributed by atoms with van der Waals surface area (Å²) in [5, 5.41) is 21.9. The molecule has 0 aliphatic rings. The number of nitrogens with zero attached hydrogens (tertiary/aromatic N) is 1. The van der Waals surface area contributed by atoms with Gasteiger partial charge in [0.1, 0.15) is 11.0 Å². The van der Waals surface area contributed by atoms with Crippen molar-refractivity contribution in [2.45, 2.75) is 46.5 Å². The Kier molecular flexibility index (Phi) is 9.88. The maximum absolute atomic E-state index is 14.3. The molecule has 0 amide bonds. The van der Waals surface area contributed by atoms with Gasteiger partial charge in [-0.2, -0.15) is 0 Å². The number of aromatic nitrogens is 1. The summed E-state index contributed by atoms with van der Waals surface area (Å²) < 4.78 is 14.3. The van der Waals surface area contributed by atoms with Gasteiger partial charge in [0.25, 0.3) is 0 Å². The molecule has 0 fully saturated rings. The number of anilines is 2. The summed E-state index contributed by atoms with van der Waals surface area (Å²) in [4.78, 5) is 17.2. The van der Waals surface area contributed by atoms with Crippen LogP contribution in [-0.2, 0) is 0 Å². The molecule has 0 aliphatic carbocycles. The first-order valence-electron chi connectivity index (χ1n) is 10.7. The van der Waals surface area contributed by atoms with Gasteiger partial charge in [-0.3, -0.25) is 4.79 Å². The van der Waals surface area contributed by atoms with E-state index in [-0.39, 0.29) is 54.0 Å². The van der Waals surface area contributed by atoms with E-state index < -0.39 is 5.82 Å². The smallest absolute Gasteiger partial charge is 0.165 e. The zero-order valence-corrected chi connectivity index (χ0v) is 19.1. The van der Waals surface area contributed by atoms with E-state index in [2.05, 4.69) is 10.3 Å².